The summed E-state index contributed by atoms with van der Waals surface area (Å²) in [5, 5.41) is 9.17. The van der Waals surface area contributed by atoms with Gasteiger partial charge < -0.3 is 10.0 Å². The van der Waals surface area contributed by atoms with Crippen molar-refractivity contribution in [2.75, 3.05) is 13.6 Å². The van der Waals surface area contributed by atoms with Crippen molar-refractivity contribution in [2.45, 2.75) is 57.6 Å². The molecule has 0 amide bonds. The van der Waals surface area contributed by atoms with Gasteiger partial charge in [-0.25, -0.2) is 0 Å². The smallest absolute Gasteiger partial charge is 0.0524 e. The van der Waals surface area contributed by atoms with E-state index < -0.39 is 0 Å². The minimum Gasteiger partial charge on any atom is -0.393 e. The standard InChI is InChI=1S/C11H23NO/c1-10(13)8-9-12(2)11-6-4-3-5-7-11/h10-11,13H,3-9H2,1-2H3/t10-/m0/s1. The molecule has 0 bridgehead atoms. The van der Waals surface area contributed by atoms with E-state index in [0.717, 1.165) is 19.0 Å². The van der Waals surface area contributed by atoms with Gasteiger partial charge in [0.05, 0.1) is 6.10 Å². The van der Waals surface area contributed by atoms with Crippen molar-refractivity contribution in [3.63, 3.8) is 0 Å². The molecule has 0 saturated heterocycles. The fourth-order valence-corrected chi connectivity index (χ4v) is 2.09. The molecule has 2 nitrogen and oxygen atoms in total. The van der Waals surface area contributed by atoms with Crippen LogP contribution in [0.4, 0.5) is 0 Å². The van der Waals surface area contributed by atoms with Crippen LogP contribution < -0.4 is 0 Å². The predicted octanol–water partition coefficient (Wildman–Crippen LogP) is 2.02. The summed E-state index contributed by atoms with van der Waals surface area (Å²) in [5.74, 6) is 0. The van der Waals surface area contributed by atoms with Crippen molar-refractivity contribution in [3.05, 3.63) is 0 Å². The summed E-state index contributed by atoms with van der Waals surface area (Å²) < 4.78 is 0. The SMILES string of the molecule is C[C@H](O)CCN(C)C1CCCCC1. The first-order valence-electron chi connectivity index (χ1n) is 5.58. The Bertz CT molecular complexity index is 130. The average Bonchev–Trinajstić information content (AvgIpc) is 2.15. The van der Waals surface area contributed by atoms with Gasteiger partial charge >= 0.3 is 0 Å². The third-order valence-electron chi connectivity index (χ3n) is 3.10. The highest BCUT2D eigenvalue weighted by atomic mass is 16.3. The molecule has 1 atom stereocenters. The van der Waals surface area contributed by atoms with Crippen LogP contribution in [0, 0.1) is 0 Å². The Kier molecular flexibility index (Phi) is 4.74. The van der Waals surface area contributed by atoms with Gasteiger partial charge in [0.15, 0.2) is 0 Å². The minimum atomic E-state index is -0.147. The maximum absolute atomic E-state index is 9.17. The molecule has 0 unspecified atom stereocenters. The van der Waals surface area contributed by atoms with Crippen LogP contribution >= 0.6 is 0 Å². The molecule has 1 aliphatic rings. The zero-order valence-electron chi connectivity index (χ0n) is 9.00. The van der Waals surface area contributed by atoms with E-state index in [1.165, 1.54) is 32.1 Å². The Morgan fingerprint density at radius 1 is 1.31 bits per heavy atom. The Balaban J connectivity index is 2.17. The fraction of sp³-hybridized carbons (Fsp3) is 1.00. The number of aliphatic hydroxyl groups excluding tert-OH is 1. The van der Waals surface area contributed by atoms with Gasteiger partial charge in [-0.05, 0) is 33.2 Å². The van der Waals surface area contributed by atoms with Gasteiger partial charge in [0.25, 0.3) is 0 Å². The summed E-state index contributed by atoms with van der Waals surface area (Å²) in [4.78, 5) is 2.42. The maximum Gasteiger partial charge on any atom is 0.0524 e. The summed E-state index contributed by atoms with van der Waals surface area (Å²) in [6.07, 6.45) is 7.68. The molecule has 1 saturated carbocycles. The predicted molar refractivity (Wildman–Crippen MR) is 55.8 cm³/mol. The number of nitrogens with zero attached hydrogens (tertiary/aromatic N) is 1. The minimum absolute atomic E-state index is 0.147. The quantitative estimate of drug-likeness (QED) is 0.724. The molecular formula is C11H23NO. The van der Waals surface area contributed by atoms with E-state index in [0.29, 0.717) is 0 Å². The van der Waals surface area contributed by atoms with Crippen LogP contribution in [0.3, 0.4) is 0 Å². The van der Waals surface area contributed by atoms with Crippen LogP contribution in [0.5, 0.6) is 0 Å². The zero-order valence-corrected chi connectivity index (χ0v) is 9.00. The summed E-state index contributed by atoms with van der Waals surface area (Å²) in [6.45, 7) is 2.91. The fourth-order valence-electron chi connectivity index (χ4n) is 2.09. The first-order chi connectivity index (χ1) is 6.20. The van der Waals surface area contributed by atoms with E-state index in [2.05, 4.69) is 11.9 Å². The lowest BCUT2D eigenvalue weighted by Gasteiger charge is -2.31. The van der Waals surface area contributed by atoms with Crippen LogP contribution in [0.15, 0.2) is 0 Å². The van der Waals surface area contributed by atoms with Gasteiger partial charge in [0.2, 0.25) is 0 Å². The van der Waals surface area contributed by atoms with Crippen molar-refractivity contribution >= 4 is 0 Å². The molecule has 0 radical (unpaired) electrons. The third kappa shape index (κ3) is 4.10. The van der Waals surface area contributed by atoms with Crippen LogP contribution in [0.25, 0.3) is 0 Å². The zero-order chi connectivity index (χ0) is 9.68. The number of rotatable bonds is 4. The summed E-state index contributed by atoms with van der Waals surface area (Å²) in [5.41, 5.74) is 0. The van der Waals surface area contributed by atoms with Gasteiger partial charge in [0.1, 0.15) is 0 Å². The Morgan fingerprint density at radius 2 is 1.92 bits per heavy atom. The summed E-state index contributed by atoms with van der Waals surface area (Å²) in [7, 11) is 2.19. The largest absolute Gasteiger partial charge is 0.393 e. The monoisotopic (exact) mass is 185 g/mol. The van der Waals surface area contributed by atoms with Gasteiger partial charge in [-0.15, -0.1) is 0 Å². The van der Waals surface area contributed by atoms with E-state index in [-0.39, 0.29) is 6.10 Å². The number of hydrogen-bond acceptors (Lipinski definition) is 2. The molecule has 0 spiro atoms. The summed E-state index contributed by atoms with van der Waals surface area (Å²) in [6, 6.07) is 0.785. The van der Waals surface area contributed by atoms with Crippen LogP contribution in [-0.2, 0) is 0 Å². The third-order valence-corrected chi connectivity index (χ3v) is 3.10. The lowest BCUT2D eigenvalue weighted by molar-refractivity contribution is 0.135. The lowest BCUT2D eigenvalue weighted by atomic mass is 9.94. The summed E-state index contributed by atoms with van der Waals surface area (Å²) >= 11 is 0. The van der Waals surface area contributed by atoms with Gasteiger partial charge in [-0.1, -0.05) is 19.3 Å². The van der Waals surface area contributed by atoms with E-state index in [1.807, 2.05) is 6.92 Å². The molecule has 78 valence electrons. The van der Waals surface area contributed by atoms with Gasteiger partial charge in [-0.3, -0.25) is 0 Å². The molecule has 0 heterocycles. The number of hydrogen-bond donors (Lipinski definition) is 1. The molecule has 1 aliphatic carbocycles. The van der Waals surface area contributed by atoms with Crippen molar-refractivity contribution in [1.29, 1.82) is 0 Å². The Hall–Kier alpha value is -0.0800. The van der Waals surface area contributed by atoms with Crippen LogP contribution in [0.2, 0.25) is 0 Å². The van der Waals surface area contributed by atoms with Gasteiger partial charge in [-0.2, -0.15) is 0 Å². The van der Waals surface area contributed by atoms with Crippen molar-refractivity contribution < 1.29 is 5.11 Å². The van der Waals surface area contributed by atoms with Crippen LogP contribution in [-0.4, -0.2) is 35.7 Å². The normalized spacial score (nSPS) is 22.2. The second-order valence-electron chi connectivity index (χ2n) is 4.41. The molecule has 1 N–H and O–H groups in total. The first kappa shape index (κ1) is 11.0. The average molecular weight is 185 g/mol. The highest BCUT2D eigenvalue weighted by molar-refractivity contribution is 4.73. The second-order valence-corrected chi connectivity index (χ2v) is 4.41. The molecule has 1 rings (SSSR count). The molecule has 2 heteroatoms. The highest BCUT2D eigenvalue weighted by Crippen LogP contribution is 2.21. The van der Waals surface area contributed by atoms with E-state index in [1.54, 1.807) is 0 Å². The molecule has 0 aromatic rings. The molecule has 0 aromatic carbocycles. The molecule has 1 fully saturated rings. The Labute approximate surface area is 81.9 Å². The molecule has 0 aliphatic heterocycles. The topological polar surface area (TPSA) is 23.5 Å². The van der Waals surface area contributed by atoms with Crippen molar-refractivity contribution in [3.8, 4) is 0 Å². The highest BCUT2D eigenvalue weighted by Gasteiger charge is 2.17. The molecule has 13 heavy (non-hydrogen) atoms. The van der Waals surface area contributed by atoms with E-state index in [9.17, 15) is 5.11 Å². The van der Waals surface area contributed by atoms with Crippen molar-refractivity contribution in [1.82, 2.24) is 4.90 Å². The van der Waals surface area contributed by atoms with E-state index in [4.69, 9.17) is 0 Å². The Morgan fingerprint density at radius 3 is 2.46 bits per heavy atom. The lowest BCUT2D eigenvalue weighted by Crippen LogP contribution is -2.35. The molecular weight excluding hydrogens is 162 g/mol. The molecule has 0 aromatic heterocycles. The first-order valence-corrected chi connectivity index (χ1v) is 5.58. The van der Waals surface area contributed by atoms with Crippen molar-refractivity contribution in [2.24, 2.45) is 0 Å². The number of aliphatic hydroxyl groups is 1. The van der Waals surface area contributed by atoms with E-state index >= 15 is 0 Å². The maximum atomic E-state index is 9.17. The van der Waals surface area contributed by atoms with Crippen LogP contribution in [0.1, 0.15) is 45.4 Å². The second kappa shape index (κ2) is 5.61. The van der Waals surface area contributed by atoms with Gasteiger partial charge in [0, 0.05) is 12.6 Å².